The van der Waals surface area contributed by atoms with Crippen molar-refractivity contribution in [2.75, 3.05) is 6.61 Å². The van der Waals surface area contributed by atoms with Gasteiger partial charge < -0.3 is 14.3 Å². The highest BCUT2D eigenvalue weighted by atomic mass is 35.5. The Labute approximate surface area is 136 Å². The van der Waals surface area contributed by atoms with E-state index in [1.54, 1.807) is 18.2 Å². The number of carbonyl (C=O) groups excluding carboxylic acids is 2. The lowest BCUT2D eigenvalue weighted by Gasteiger charge is -2.05. The maximum atomic E-state index is 12.0. The molecule has 5 nitrogen and oxygen atoms in total. The molecule has 3 aromatic rings. The molecule has 0 bridgehead atoms. The molecular weight excluding hydrogens is 320 g/mol. The van der Waals surface area contributed by atoms with Crippen LogP contribution in [0, 0.1) is 0 Å². The zero-order chi connectivity index (χ0) is 16.4. The Morgan fingerprint density at radius 1 is 1.13 bits per heavy atom. The summed E-state index contributed by atoms with van der Waals surface area (Å²) in [7, 11) is 0. The molecule has 1 aromatic heterocycles. The maximum Gasteiger partial charge on any atom is 0.342 e. The van der Waals surface area contributed by atoms with Crippen LogP contribution in [-0.4, -0.2) is 23.5 Å². The summed E-state index contributed by atoms with van der Waals surface area (Å²) < 4.78 is 10.3. The van der Waals surface area contributed by atoms with Gasteiger partial charge in [-0.1, -0.05) is 29.8 Å². The van der Waals surface area contributed by atoms with Gasteiger partial charge >= 0.3 is 5.97 Å². The van der Waals surface area contributed by atoms with E-state index in [9.17, 15) is 14.7 Å². The smallest absolute Gasteiger partial charge is 0.342 e. The van der Waals surface area contributed by atoms with Crippen LogP contribution in [0.5, 0.6) is 5.75 Å². The molecule has 3 rings (SSSR count). The van der Waals surface area contributed by atoms with Crippen molar-refractivity contribution in [1.82, 2.24) is 0 Å². The predicted octanol–water partition coefficient (Wildman–Crippen LogP) is 3.83. The second kappa shape index (κ2) is 6.14. The Bertz CT molecular complexity index is 864. The molecule has 0 atom stereocenters. The van der Waals surface area contributed by atoms with Crippen molar-refractivity contribution < 1.29 is 23.8 Å². The number of phenolic OH excluding ortho intramolecular Hbond substituents is 1. The molecule has 0 amide bonds. The molecule has 1 heterocycles. The van der Waals surface area contributed by atoms with Crippen LogP contribution < -0.4 is 0 Å². The molecule has 0 fully saturated rings. The van der Waals surface area contributed by atoms with Crippen LogP contribution in [0.25, 0.3) is 11.0 Å². The minimum atomic E-state index is -0.838. The quantitative estimate of drug-likeness (QED) is 0.581. The normalized spacial score (nSPS) is 10.7. The van der Waals surface area contributed by atoms with Gasteiger partial charge in [-0.15, -0.1) is 0 Å². The fraction of sp³-hybridized carbons (Fsp3) is 0.0588. The molecular formula is C17H11ClO5. The van der Waals surface area contributed by atoms with E-state index in [-0.39, 0.29) is 22.1 Å². The molecule has 0 aliphatic rings. The van der Waals surface area contributed by atoms with Crippen molar-refractivity contribution in [2.24, 2.45) is 0 Å². The van der Waals surface area contributed by atoms with E-state index >= 15 is 0 Å². The van der Waals surface area contributed by atoms with Gasteiger partial charge in [-0.2, -0.15) is 0 Å². The standard InChI is InChI=1S/C17H11ClO5/c18-11-5-6-13(19)12(8-11)17(21)22-9-14(20)16-7-10-3-1-2-4-15(10)23-16/h1-8,19H,9H2. The van der Waals surface area contributed by atoms with Crippen LogP contribution >= 0.6 is 11.6 Å². The monoisotopic (exact) mass is 330 g/mol. The number of fused-ring (bicyclic) bond motifs is 1. The Morgan fingerprint density at radius 2 is 1.91 bits per heavy atom. The molecule has 6 heteroatoms. The van der Waals surface area contributed by atoms with Crippen molar-refractivity contribution in [3.05, 3.63) is 64.9 Å². The van der Waals surface area contributed by atoms with Crippen molar-refractivity contribution in [1.29, 1.82) is 0 Å². The van der Waals surface area contributed by atoms with Gasteiger partial charge in [0.15, 0.2) is 12.4 Å². The fourth-order valence-electron chi connectivity index (χ4n) is 2.07. The average molecular weight is 331 g/mol. The zero-order valence-corrected chi connectivity index (χ0v) is 12.5. The van der Waals surface area contributed by atoms with Crippen LogP contribution in [0.15, 0.2) is 52.9 Å². The summed E-state index contributed by atoms with van der Waals surface area (Å²) in [5.74, 6) is -1.48. The van der Waals surface area contributed by atoms with Crippen molar-refractivity contribution >= 4 is 34.3 Å². The minimum Gasteiger partial charge on any atom is -0.507 e. The molecule has 0 saturated heterocycles. The number of phenols is 1. The summed E-state index contributed by atoms with van der Waals surface area (Å²) in [5.41, 5.74) is 0.476. The van der Waals surface area contributed by atoms with E-state index in [0.717, 1.165) is 5.39 Å². The van der Waals surface area contributed by atoms with Crippen LogP contribution in [0.3, 0.4) is 0 Å². The third kappa shape index (κ3) is 3.19. The number of rotatable bonds is 4. The molecule has 2 aromatic carbocycles. The Balaban J connectivity index is 1.71. The summed E-state index contributed by atoms with van der Waals surface area (Å²) >= 11 is 5.76. The number of hydrogen-bond donors (Lipinski definition) is 1. The van der Waals surface area contributed by atoms with E-state index in [4.69, 9.17) is 20.8 Å². The molecule has 23 heavy (non-hydrogen) atoms. The summed E-state index contributed by atoms with van der Waals surface area (Å²) in [5, 5.41) is 10.7. The van der Waals surface area contributed by atoms with Crippen LogP contribution in [0.2, 0.25) is 5.02 Å². The molecule has 0 radical (unpaired) electrons. The number of hydrogen-bond acceptors (Lipinski definition) is 5. The highest BCUT2D eigenvalue weighted by Crippen LogP contribution is 2.23. The zero-order valence-electron chi connectivity index (χ0n) is 11.8. The van der Waals surface area contributed by atoms with Gasteiger partial charge in [0.25, 0.3) is 0 Å². The first-order valence-corrected chi connectivity index (χ1v) is 7.10. The highest BCUT2D eigenvalue weighted by molar-refractivity contribution is 6.31. The number of carbonyl (C=O) groups is 2. The minimum absolute atomic E-state index is 0.102. The number of ketones is 1. The van der Waals surface area contributed by atoms with E-state index in [0.29, 0.717) is 5.58 Å². The van der Waals surface area contributed by atoms with Gasteiger partial charge in [0.1, 0.15) is 16.9 Å². The summed E-state index contributed by atoms with van der Waals surface area (Å²) in [6.45, 7) is -0.495. The lowest BCUT2D eigenvalue weighted by atomic mass is 10.2. The summed E-state index contributed by atoms with van der Waals surface area (Å²) in [6, 6.07) is 12.7. The number of benzene rings is 2. The number of esters is 1. The number of furan rings is 1. The molecule has 0 aliphatic heterocycles. The van der Waals surface area contributed by atoms with Gasteiger partial charge in [-0.25, -0.2) is 4.79 Å². The highest BCUT2D eigenvalue weighted by Gasteiger charge is 2.18. The number of aromatic hydroxyl groups is 1. The first-order valence-electron chi connectivity index (χ1n) is 6.72. The second-order valence-electron chi connectivity index (χ2n) is 4.81. The van der Waals surface area contributed by atoms with Gasteiger partial charge in [0, 0.05) is 10.4 Å². The molecule has 1 N–H and O–H groups in total. The third-order valence-electron chi connectivity index (χ3n) is 3.21. The van der Waals surface area contributed by atoms with Gasteiger partial charge in [0.2, 0.25) is 5.78 Å². The van der Waals surface area contributed by atoms with Crippen molar-refractivity contribution in [3.63, 3.8) is 0 Å². The van der Waals surface area contributed by atoms with E-state index in [1.165, 1.54) is 18.2 Å². The molecule has 0 unspecified atom stereocenters. The van der Waals surface area contributed by atoms with Crippen molar-refractivity contribution in [3.8, 4) is 5.75 Å². The second-order valence-corrected chi connectivity index (χ2v) is 5.25. The molecule has 0 aliphatic carbocycles. The topological polar surface area (TPSA) is 76.7 Å². The first-order chi connectivity index (χ1) is 11.0. The predicted molar refractivity (Wildman–Crippen MR) is 83.9 cm³/mol. The first kappa shape index (κ1) is 15.1. The SMILES string of the molecule is O=C(COC(=O)c1cc(Cl)ccc1O)c1cc2ccccc2o1. The summed E-state index contributed by atoms with van der Waals surface area (Å²) in [4.78, 5) is 23.9. The van der Waals surface area contributed by atoms with E-state index in [1.807, 2.05) is 12.1 Å². The van der Waals surface area contributed by atoms with E-state index in [2.05, 4.69) is 0 Å². The van der Waals surface area contributed by atoms with E-state index < -0.39 is 18.4 Å². The Morgan fingerprint density at radius 3 is 2.70 bits per heavy atom. The molecule has 116 valence electrons. The van der Waals surface area contributed by atoms with Gasteiger partial charge in [-0.3, -0.25) is 4.79 Å². The van der Waals surface area contributed by atoms with Crippen LogP contribution in [0.4, 0.5) is 0 Å². The summed E-state index contributed by atoms with van der Waals surface area (Å²) in [6.07, 6.45) is 0. The van der Waals surface area contributed by atoms with Gasteiger partial charge in [0.05, 0.1) is 0 Å². The number of Topliss-reactive ketones (excluding diaryl/α,β-unsaturated/α-hetero) is 1. The van der Waals surface area contributed by atoms with Crippen molar-refractivity contribution in [2.45, 2.75) is 0 Å². The average Bonchev–Trinajstić information content (AvgIpc) is 2.98. The Kier molecular flexibility index (Phi) is 4.04. The Hall–Kier alpha value is -2.79. The lowest BCUT2D eigenvalue weighted by molar-refractivity contribution is 0.0465. The van der Waals surface area contributed by atoms with Crippen LogP contribution in [-0.2, 0) is 4.74 Å². The number of halogens is 1. The van der Waals surface area contributed by atoms with Gasteiger partial charge in [-0.05, 0) is 30.3 Å². The maximum absolute atomic E-state index is 12.0. The largest absolute Gasteiger partial charge is 0.507 e. The number of para-hydroxylation sites is 1. The third-order valence-corrected chi connectivity index (χ3v) is 3.45. The lowest BCUT2D eigenvalue weighted by Crippen LogP contribution is -2.14. The fourth-order valence-corrected chi connectivity index (χ4v) is 2.24. The number of ether oxygens (including phenoxy) is 1. The molecule has 0 spiro atoms. The van der Waals surface area contributed by atoms with Crippen LogP contribution in [0.1, 0.15) is 20.9 Å². The molecule has 0 saturated carbocycles.